The SMILES string of the molecule is CC(C)CNC(=O)[C@@H](C)n1c(=O)n(C(C)C)c(=O)c2ccccc21. The fraction of sp³-hybridized carbons (Fsp3) is 0.500. The second kappa shape index (κ2) is 7.03. The molecule has 1 heterocycles. The van der Waals surface area contributed by atoms with Crippen molar-refractivity contribution in [3.63, 3.8) is 0 Å². The van der Waals surface area contributed by atoms with Gasteiger partial charge in [-0.25, -0.2) is 4.79 Å². The molecule has 130 valence electrons. The average Bonchev–Trinajstić information content (AvgIpc) is 2.52. The topological polar surface area (TPSA) is 73.1 Å². The van der Waals surface area contributed by atoms with Gasteiger partial charge in [-0.2, -0.15) is 0 Å². The highest BCUT2D eigenvalue weighted by atomic mass is 16.2. The van der Waals surface area contributed by atoms with E-state index in [-0.39, 0.29) is 17.5 Å². The van der Waals surface area contributed by atoms with Gasteiger partial charge >= 0.3 is 5.69 Å². The zero-order chi connectivity index (χ0) is 18.0. The minimum atomic E-state index is -0.702. The molecule has 1 aromatic heterocycles. The van der Waals surface area contributed by atoms with E-state index in [4.69, 9.17) is 0 Å². The molecule has 2 rings (SSSR count). The van der Waals surface area contributed by atoms with E-state index in [1.165, 1.54) is 9.13 Å². The lowest BCUT2D eigenvalue weighted by atomic mass is 10.2. The van der Waals surface area contributed by atoms with Crippen molar-refractivity contribution in [1.29, 1.82) is 0 Å². The number of aromatic nitrogens is 2. The lowest BCUT2D eigenvalue weighted by Gasteiger charge is -2.21. The van der Waals surface area contributed by atoms with Gasteiger partial charge in [-0.15, -0.1) is 0 Å². The molecule has 0 aliphatic carbocycles. The highest BCUT2D eigenvalue weighted by molar-refractivity contribution is 5.84. The standard InChI is InChI=1S/C18H25N3O3/c1-11(2)10-19-16(22)13(5)21-15-9-7-6-8-14(15)17(23)20(12(3)4)18(21)24/h6-9,11-13H,10H2,1-5H3,(H,19,22)/t13-/m1/s1. The molecule has 0 unspecified atom stereocenters. The normalized spacial score (nSPS) is 12.8. The number of hydrogen-bond donors (Lipinski definition) is 1. The number of para-hydroxylation sites is 1. The van der Waals surface area contributed by atoms with Gasteiger partial charge in [-0.1, -0.05) is 26.0 Å². The first-order chi connectivity index (χ1) is 11.3. The summed E-state index contributed by atoms with van der Waals surface area (Å²) in [4.78, 5) is 37.9. The Bertz CT molecular complexity index is 862. The highest BCUT2D eigenvalue weighted by Gasteiger charge is 2.22. The molecule has 2 aromatic rings. The van der Waals surface area contributed by atoms with E-state index in [2.05, 4.69) is 5.32 Å². The third-order valence-electron chi connectivity index (χ3n) is 3.99. The van der Waals surface area contributed by atoms with Crippen LogP contribution in [0.4, 0.5) is 0 Å². The van der Waals surface area contributed by atoms with Gasteiger partial charge in [0, 0.05) is 12.6 Å². The van der Waals surface area contributed by atoms with Crippen LogP contribution >= 0.6 is 0 Å². The Morgan fingerprint density at radius 1 is 1.04 bits per heavy atom. The number of carbonyl (C=O) groups excluding carboxylic acids is 1. The summed E-state index contributed by atoms with van der Waals surface area (Å²) in [6.45, 7) is 9.80. The summed E-state index contributed by atoms with van der Waals surface area (Å²) >= 11 is 0. The van der Waals surface area contributed by atoms with Crippen LogP contribution in [-0.4, -0.2) is 21.6 Å². The zero-order valence-electron chi connectivity index (χ0n) is 14.9. The number of benzene rings is 1. The van der Waals surface area contributed by atoms with E-state index < -0.39 is 11.7 Å². The summed E-state index contributed by atoms with van der Waals surface area (Å²) < 4.78 is 2.61. The predicted octanol–water partition coefficient (Wildman–Crippen LogP) is 2.08. The van der Waals surface area contributed by atoms with Crippen molar-refractivity contribution in [2.24, 2.45) is 5.92 Å². The van der Waals surface area contributed by atoms with Crippen LogP contribution in [-0.2, 0) is 4.79 Å². The molecule has 1 aromatic carbocycles. The highest BCUT2D eigenvalue weighted by Crippen LogP contribution is 2.14. The van der Waals surface area contributed by atoms with Crippen molar-refractivity contribution < 1.29 is 4.79 Å². The van der Waals surface area contributed by atoms with E-state index in [0.717, 1.165) is 0 Å². The van der Waals surface area contributed by atoms with Crippen LogP contribution in [0.5, 0.6) is 0 Å². The summed E-state index contributed by atoms with van der Waals surface area (Å²) in [7, 11) is 0. The molecule has 0 bridgehead atoms. The molecular formula is C18H25N3O3. The van der Waals surface area contributed by atoms with Crippen LogP contribution < -0.4 is 16.6 Å². The van der Waals surface area contributed by atoms with Crippen LogP contribution in [0.2, 0.25) is 0 Å². The summed E-state index contributed by atoms with van der Waals surface area (Å²) in [5, 5.41) is 3.29. The smallest absolute Gasteiger partial charge is 0.332 e. The van der Waals surface area contributed by atoms with Crippen molar-refractivity contribution in [3.8, 4) is 0 Å². The van der Waals surface area contributed by atoms with E-state index in [1.54, 1.807) is 45.0 Å². The van der Waals surface area contributed by atoms with Gasteiger partial charge in [-0.05, 0) is 38.8 Å². The molecule has 1 atom stereocenters. The Kier molecular flexibility index (Phi) is 5.26. The Morgan fingerprint density at radius 3 is 2.25 bits per heavy atom. The molecule has 0 spiro atoms. The molecule has 6 heteroatoms. The van der Waals surface area contributed by atoms with Crippen molar-refractivity contribution in [2.75, 3.05) is 6.54 Å². The van der Waals surface area contributed by atoms with Crippen LogP contribution in [0, 0.1) is 5.92 Å². The van der Waals surface area contributed by atoms with Crippen LogP contribution in [0.25, 0.3) is 10.9 Å². The second-order valence-electron chi connectivity index (χ2n) is 6.75. The van der Waals surface area contributed by atoms with Gasteiger partial charge in [-0.3, -0.25) is 18.7 Å². The maximum absolute atomic E-state index is 12.9. The van der Waals surface area contributed by atoms with Crippen molar-refractivity contribution in [1.82, 2.24) is 14.5 Å². The Hall–Kier alpha value is -2.37. The summed E-state index contributed by atoms with van der Waals surface area (Å²) in [6, 6.07) is 5.92. The van der Waals surface area contributed by atoms with Gasteiger partial charge in [0.1, 0.15) is 6.04 Å². The van der Waals surface area contributed by atoms with Crippen molar-refractivity contribution in [2.45, 2.75) is 46.7 Å². The van der Waals surface area contributed by atoms with Crippen LogP contribution in [0.1, 0.15) is 46.7 Å². The first-order valence-electron chi connectivity index (χ1n) is 8.29. The van der Waals surface area contributed by atoms with E-state index in [1.807, 2.05) is 13.8 Å². The van der Waals surface area contributed by atoms with E-state index >= 15 is 0 Å². The van der Waals surface area contributed by atoms with Crippen molar-refractivity contribution >= 4 is 16.8 Å². The minimum absolute atomic E-state index is 0.232. The fourth-order valence-electron chi connectivity index (χ4n) is 2.70. The van der Waals surface area contributed by atoms with Gasteiger partial charge in [0.2, 0.25) is 5.91 Å². The first-order valence-corrected chi connectivity index (χ1v) is 8.29. The molecular weight excluding hydrogens is 306 g/mol. The van der Waals surface area contributed by atoms with Gasteiger partial charge < -0.3 is 5.32 Å². The molecule has 0 aliphatic rings. The van der Waals surface area contributed by atoms with E-state index in [0.29, 0.717) is 23.4 Å². The van der Waals surface area contributed by atoms with Gasteiger partial charge in [0.25, 0.3) is 5.56 Å². The predicted molar refractivity (Wildman–Crippen MR) is 95.4 cm³/mol. The van der Waals surface area contributed by atoms with E-state index in [9.17, 15) is 14.4 Å². The first kappa shape index (κ1) is 18.0. The lowest BCUT2D eigenvalue weighted by Crippen LogP contribution is -2.45. The Labute approximate surface area is 141 Å². The Balaban J connectivity index is 2.67. The molecule has 0 saturated carbocycles. The lowest BCUT2D eigenvalue weighted by molar-refractivity contribution is -0.124. The Morgan fingerprint density at radius 2 is 1.67 bits per heavy atom. The molecule has 1 N–H and O–H groups in total. The molecule has 0 radical (unpaired) electrons. The second-order valence-corrected chi connectivity index (χ2v) is 6.75. The molecule has 0 aliphatic heterocycles. The van der Waals surface area contributed by atoms with Crippen molar-refractivity contribution in [3.05, 3.63) is 45.1 Å². The summed E-state index contributed by atoms with van der Waals surface area (Å²) in [6.07, 6.45) is 0. The monoisotopic (exact) mass is 331 g/mol. The number of nitrogens with one attached hydrogen (secondary N) is 1. The van der Waals surface area contributed by atoms with Crippen LogP contribution in [0.15, 0.2) is 33.9 Å². The fourth-order valence-corrected chi connectivity index (χ4v) is 2.70. The summed E-state index contributed by atoms with van der Waals surface area (Å²) in [5.41, 5.74) is -0.297. The maximum atomic E-state index is 12.9. The number of carbonyl (C=O) groups is 1. The third kappa shape index (κ3) is 3.27. The van der Waals surface area contributed by atoms with Crippen LogP contribution in [0.3, 0.4) is 0 Å². The number of fused-ring (bicyclic) bond motifs is 1. The molecule has 24 heavy (non-hydrogen) atoms. The molecule has 0 saturated heterocycles. The largest absolute Gasteiger partial charge is 0.354 e. The number of nitrogens with zero attached hydrogens (tertiary/aromatic N) is 2. The quantitative estimate of drug-likeness (QED) is 0.911. The third-order valence-corrected chi connectivity index (χ3v) is 3.99. The number of rotatable bonds is 5. The van der Waals surface area contributed by atoms with Gasteiger partial charge in [0.05, 0.1) is 10.9 Å². The molecule has 0 fully saturated rings. The minimum Gasteiger partial charge on any atom is -0.354 e. The summed E-state index contributed by atoms with van der Waals surface area (Å²) in [5.74, 6) is 0.0872. The molecule has 1 amide bonds. The average molecular weight is 331 g/mol. The zero-order valence-corrected chi connectivity index (χ0v) is 14.9. The van der Waals surface area contributed by atoms with Gasteiger partial charge in [0.15, 0.2) is 0 Å². The number of hydrogen-bond acceptors (Lipinski definition) is 3. The number of amides is 1. The maximum Gasteiger partial charge on any atom is 0.332 e. The molecule has 6 nitrogen and oxygen atoms in total.